The summed E-state index contributed by atoms with van der Waals surface area (Å²) >= 11 is 0. The van der Waals surface area contributed by atoms with Crippen LogP contribution in [0.15, 0.2) is 30.9 Å². The summed E-state index contributed by atoms with van der Waals surface area (Å²) in [6.45, 7) is 2.42. The second-order valence-electron chi connectivity index (χ2n) is 7.53. The number of nitrogens with one attached hydrogen (secondary N) is 1. The quantitative estimate of drug-likeness (QED) is 0.873. The minimum Gasteiger partial charge on any atom is -0.307 e. The highest BCUT2D eigenvalue weighted by atomic mass is 15.2. The van der Waals surface area contributed by atoms with E-state index in [1.54, 1.807) is 18.6 Å². The first-order valence-corrected chi connectivity index (χ1v) is 9.98. The van der Waals surface area contributed by atoms with Crippen LogP contribution in [0.2, 0.25) is 0 Å². The first-order valence-electron chi connectivity index (χ1n) is 9.98. The Morgan fingerprint density at radius 1 is 0.962 bits per heavy atom. The molecule has 1 atom stereocenters. The van der Waals surface area contributed by atoms with Crippen LogP contribution in [-0.2, 0) is 0 Å². The van der Waals surface area contributed by atoms with E-state index in [1.807, 2.05) is 6.20 Å². The van der Waals surface area contributed by atoms with E-state index in [0.717, 1.165) is 11.6 Å². The van der Waals surface area contributed by atoms with Crippen molar-refractivity contribution >= 4 is 11.8 Å². The summed E-state index contributed by atoms with van der Waals surface area (Å²) < 4.78 is 0. The summed E-state index contributed by atoms with van der Waals surface area (Å²) in [6, 6.07) is 2.49. The van der Waals surface area contributed by atoms with E-state index in [4.69, 9.17) is 4.98 Å². The molecule has 0 amide bonds. The van der Waals surface area contributed by atoms with E-state index in [2.05, 4.69) is 31.2 Å². The largest absolute Gasteiger partial charge is 0.307 e. The van der Waals surface area contributed by atoms with E-state index in [1.165, 1.54) is 64.5 Å². The molecule has 0 bridgehead atoms. The molecule has 0 aromatic carbocycles. The van der Waals surface area contributed by atoms with Crippen LogP contribution < -0.4 is 5.32 Å². The summed E-state index contributed by atoms with van der Waals surface area (Å²) in [6.07, 6.45) is 17.7. The van der Waals surface area contributed by atoms with Crippen LogP contribution in [0, 0.1) is 5.92 Å². The highest BCUT2D eigenvalue weighted by Crippen LogP contribution is 2.33. The van der Waals surface area contributed by atoms with Gasteiger partial charge in [-0.05, 0) is 44.2 Å². The van der Waals surface area contributed by atoms with Crippen LogP contribution in [0.25, 0.3) is 0 Å². The van der Waals surface area contributed by atoms with Crippen molar-refractivity contribution in [2.75, 3.05) is 18.4 Å². The van der Waals surface area contributed by atoms with E-state index in [-0.39, 0.29) is 0 Å². The topological polar surface area (TPSA) is 66.8 Å². The summed E-state index contributed by atoms with van der Waals surface area (Å²) in [4.78, 5) is 20.2. The van der Waals surface area contributed by atoms with Crippen LogP contribution in [0.4, 0.5) is 11.8 Å². The van der Waals surface area contributed by atoms with Gasteiger partial charge >= 0.3 is 0 Å². The molecule has 6 heteroatoms. The molecule has 138 valence electrons. The van der Waals surface area contributed by atoms with Gasteiger partial charge in [-0.15, -0.1) is 0 Å². The van der Waals surface area contributed by atoms with E-state index in [9.17, 15) is 0 Å². The van der Waals surface area contributed by atoms with Gasteiger partial charge in [-0.2, -0.15) is 0 Å². The average molecular weight is 352 g/mol. The van der Waals surface area contributed by atoms with Crippen molar-refractivity contribution in [3.8, 4) is 0 Å². The molecule has 0 radical (unpaired) electrons. The predicted octanol–water partition coefficient (Wildman–Crippen LogP) is 4.12. The summed E-state index contributed by atoms with van der Waals surface area (Å²) in [5.74, 6) is 2.14. The van der Waals surface area contributed by atoms with Crippen molar-refractivity contribution in [2.45, 2.75) is 57.4 Å². The number of nitrogens with zero attached hydrogens (tertiary/aromatic N) is 5. The monoisotopic (exact) mass is 352 g/mol. The summed E-state index contributed by atoms with van der Waals surface area (Å²) in [7, 11) is 0. The zero-order chi connectivity index (χ0) is 17.6. The number of likely N-dealkylation sites (tertiary alicyclic amines) is 1. The second kappa shape index (κ2) is 8.54. The lowest BCUT2D eigenvalue weighted by Gasteiger charge is -2.38. The van der Waals surface area contributed by atoms with Gasteiger partial charge in [0.2, 0.25) is 5.95 Å². The summed E-state index contributed by atoms with van der Waals surface area (Å²) in [5, 5.41) is 3.17. The van der Waals surface area contributed by atoms with Crippen molar-refractivity contribution in [3.63, 3.8) is 0 Å². The molecule has 4 rings (SSSR count). The Morgan fingerprint density at radius 2 is 1.85 bits per heavy atom. The van der Waals surface area contributed by atoms with Gasteiger partial charge in [-0.1, -0.05) is 25.7 Å². The predicted molar refractivity (Wildman–Crippen MR) is 102 cm³/mol. The van der Waals surface area contributed by atoms with Gasteiger partial charge in [-0.25, -0.2) is 15.0 Å². The lowest BCUT2D eigenvalue weighted by Crippen LogP contribution is -2.38. The van der Waals surface area contributed by atoms with E-state index >= 15 is 0 Å². The Bertz CT molecular complexity index is 686. The lowest BCUT2D eigenvalue weighted by molar-refractivity contribution is 0.110. The van der Waals surface area contributed by atoms with Crippen molar-refractivity contribution < 1.29 is 0 Å². The third-order valence-electron chi connectivity index (χ3n) is 5.65. The van der Waals surface area contributed by atoms with Gasteiger partial charge < -0.3 is 5.32 Å². The molecule has 1 saturated heterocycles. The molecule has 1 N–H and O–H groups in total. The van der Waals surface area contributed by atoms with Crippen molar-refractivity contribution in [1.29, 1.82) is 0 Å². The molecule has 3 heterocycles. The van der Waals surface area contributed by atoms with Crippen LogP contribution in [0.5, 0.6) is 0 Å². The molecule has 2 fully saturated rings. The Labute approximate surface area is 155 Å². The smallest absolute Gasteiger partial charge is 0.228 e. The van der Waals surface area contributed by atoms with Crippen LogP contribution in [0.1, 0.15) is 63.1 Å². The fourth-order valence-corrected chi connectivity index (χ4v) is 4.34. The normalized spacial score (nSPS) is 22.2. The molecule has 1 aliphatic heterocycles. The second-order valence-corrected chi connectivity index (χ2v) is 7.53. The fraction of sp³-hybridized carbons (Fsp3) is 0.600. The zero-order valence-electron chi connectivity index (χ0n) is 15.3. The van der Waals surface area contributed by atoms with Gasteiger partial charge in [-0.3, -0.25) is 9.88 Å². The molecule has 1 aliphatic carbocycles. The van der Waals surface area contributed by atoms with Crippen molar-refractivity contribution in [1.82, 2.24) is 24.8 Å². The van der Waals surface area contributed by atoms with Gasteiger partial charge in [0.05, 0.1) is 17.9 Å². The van der Waals surface area contributed by atoms with E-state index in [0.29, 0.717) is 17.8 Å². The van der Waals surface area contributed by atoms with Crippen molar-refractivity contribution in [3.05, 3.63) is 36.5 Å². The zero-order valence-corrected chi connectivity index (χ0v) is 15.3. The first-order chi connectivity index (χ1) is 12.9. The molecule has 2 aliphatic rings. The van der Waals surface area contributed by atoms with Crippen LogP contribution >= 0.6 is 0 Å². The Hall–Kier alpha value is -2.08. The number of rotatable bonds is 5. The third kappa shape index (κ3) is 4.36. The van der Waals surface area contributed by atoms with Gasteiger partial charge in [0.1, 0.15) is 0 Å². The first kappa shape index (κ1) is 17.3. The highest BCUT2D eigenvalue weighted by Gasteiger charge is 2.28. The molecule has 6 nitrogen and oxygen atoms in total. The number of hydrogen-bond donors (Lipinski definition) is 1. The molecule has 2 aromatic heterocycles. The van der Waals surface area contributed by atoms with Crippen LogP contribution in [0.3, 0.4) is 0 Å². The third-order valence-corrected chi connectivity index (χ3v) is 5.65. The molecular weight excluding hydrogens is 324 g/mol. The average Bonchev–Trinajstić information content (AvgIpc) is 2.70. The molecule has 1 saturated carbocycles. The molecule has 0 unspecified atom stereocenters. The maximum Gasteiger partial charge on any atom is 0.228 e. The minimum absolute atomic E-state index is 0.413. The molecule has 0 spiro atoms. The fourth-order valence-electron chi connectivity index (χ4n) is 4.34. The number of aromatic nitrogens is 4. The van der Waals surface area contributed by atoms with Gasteiger partial charge in [0, 0.05) is 25.1 Å². The number of anilines is 2. The number of hydrogen-bond acceptors (Lipinski definition) is 6. The Balaban J connectivity index is 1.47. The standard InChI is InChI=1S/C20H28N6/c1-2-6-16(7-3-1)15-26-13-5-4-8-18(26)17-9-10-23-20(24-17)25-19-14-21-11-12-22-19/h9-12,14,16,18H,1-8,13,15H2,(H,22,23,24,25)/t18-/m0/s1. The van der Waals surface area contributed by atoms with Crippen LogP contribution in [-0.4, -0.2) is 37.9 Å². The number of piperidine rings is 1. The van der Waals surface area contributed by atoms with Crippen molar-refractivity contribution in [2.24, 2.45) is 5.92 Å². The molecule has 2 aromatic rings. The Kier molecular flexibility index (Phi) is 5.69. The minimum atomic E-state index is 0.413. The maximum absolute atomic E-state index is 4.80. The van der Waals surface area contributed by atoms with E-state index < -0.39 is 0 Å². The highest BCUT2D eigenvalue weighted by molar-refractivity contribution is 5.45. The Morgan fingerprint density at radius 3 is 2.69 bits per heavy atom. The van der Waals surface area contributed by atoms with Gasteiger partial charge in [0.15, 0.2) is 5.82 Å². The molecular formula is C20H28N6. The molecule has 26 heavy (non-hydrogen) atoms. The van der Waals surface area contributed by atoms with Gasteiger partial charge in [0.25, 0.3) is 0 Å². The summed E-state index contributed by atoms with van der Waals surface area (Å²) in [5.41, 5.74) is 1.13. The SMILES string of the molecule is c1cnc(Nc2nccc([C@@H]3CCCCN3CC3CCCCC3)n2)cn1. The lowest BCUT2D eigenvalue weighted by atomic mass is 9.87. The maximum atomic E-state index is 4.80.